The number of imidazole rings is 1. The average molecular weight is 681 g/mol. The second kappa shape index (κ2) is 16.8. The van der Waals surface area contributed by atoms with Crippen LogP contribution in [0.5, 0.6) is 0 Å². The van der Waals surface area contributed by atoms with Crippen LogP contribution in [0.25, 0.3) is 12.2 Å². The van der Waals surface area contributed by atoms with Gasteiger partial charge in [-0.05, 0) is 91.2 Å². The SMILES string of the molecule is CN/C(=C\c1cccc(C(=O)c2ccc(F)cc2)c1)C(=O)N/C(C=O)=C\c1ncn(CCCN2CCN(c3ccc(F)cc3)CC2)c1C(C)C. The van der Waals surface area contributed by atoms with Crippen molar-refractivity contribution in [1.82, 2.24) is 25.1 Å². The number of allylic oxidation sites excluding steroid dienone is 1. The fraction of sp³-hybridized carbons (Fsp3) is 0.282. The Bertz CT molecular complexity index is 1860. The van der Waals surface area contributed by atoms with Gasteiger partial charge in [-0.15, -0.1) is 0 Å². The molecule has 0 unspecified atom stereocenters. The van der Waals surface area contributed by atoms with E-state index in [-0.39, 0.29) is 28.9 Å². The number of nitrogens with one attached hydrogen (secondary N) is 2. The number of anilines is 1. The summed E-state index contributed by atoms with van der Waals surface area (Å²) in [6, 6.07) is 18.7. The van der Waals surface area contributed by atoms with E-state index < -0.39 is 11.7 Å². The second-order valence-electron chi connectivity index (χ2n) is 12.5. The predicted molar refractivity (Wildman–Crippen MR) is 191 cm³/mol. The Balaban J connectivity index is 1.20. The number of ketones is 1. The fourth-order valence-corrected chi connectivity index (χ4v) is 6.07. The molecule has 0 radical (unpaired) electrons. The minimum Gasteiger partial charge on any atom is -0.384 e. The molecule has 0 aliphatic carbocycles. The number of aryl methyl sites for hydroxylation is 1. The van der Waals surface area contributed by atoms with Crippen molar-refractivity contribution >= 4 is 35.8 Å². The molecule has 260 valence electrons. The fourth-order valence-electron chi connectivity index (χ4n) is 6.07. The van der Waals surface area contributed by atoms with Crippen molar-refractivity contribution in [2.45, 2.75) is 32.7 Å². The van der Waals surface area contributed by atoms with E-state index in [1.54, 1.807) is 49.8 Å². The Hall–Kier alpha value is -5.42. The number of benzene rings is 3. The number of amides is 1. The van der Waals surface area contributed by atoms with Crippen LogP contribution in [0.2, 0.25) is 0 Å². The number of hydrogen-bond donors (Lipinski definition) is 2. The standard InChI is InChI=1S/C39H42F2N6O3/c1-27(2)37-35(43-26-47(37)17-5-16-45-18-20-46(21-19-45)34-14-12-32(41)13-15-34)24-33(25-48)44-39(50)36(42-3)23-28-6-4-7-30(22-28)38(49)29-8-10-31(40)11-9-29/h4,6-15,22-27,42H,5,16-21H2,1-3H3,(H,44,50)/b33-24-,36-23-. The molecule has 1 fully saturated rings. The lowest BCUT2D eigenvalue weighted by atomic mass is 10.0. The summed E-state index contributed by atoms with van der Waals surface area (Å²) in [6.07, 6.45) is 6.44. The molecule has 0 atom stereocenters. The molecule has 1 saturated heterocycles. The van der Waals surface area contributed by atoms with Crippen molar-refractivity contribution in [2.24, 2.45) is 0 Å². The van der Waals surface area contributed by atoms with Gasteiger partial charge in [-0.1, -0.05) is 32.0 Å². The lowest BCUT2D eigenvalue weighted by Crippen LogP contribution is -2.46. The molecular formula is C39H42F2N6O3. The summed E-state index contributed by atoms with van der Waals surface area (Å²) in [4.78, 5) is 47.6. The monoisotopic (exact) mass is 680 g/mol. The smallest absolute Gasteiger partial charge is 0.271 e. The quantitative estimate of drug-likeness (QED) is 0.101. The van der Waals surface area contributed by atoms with E-state index in [0.717, 1.165) is 57.1 Å². The minimum atomic E-state index is -0.536. The van der Waals surface area contributed by atoms with Gasteiger partial charge in [0.05, 0.1) is 17.7 Å². The van der Waals surface area contributed by atoms with Gasteiger partial charge in [-0.25, -0.2) is 13.8 Å². The third kappa shape index (κ3) is 9.17. The maximum atomic E-state index is 13.3. The van der Waals surface area contributed by atoms with Crippen LogP contribution >= 0.6 is 0 Å². The number of carbonyl (C=O) groups is 3. The van der Waals surface area contributed by atoms with E-state index in [4.69, 9.17) is 0 Å². The maximum absolute atomic E-state index is 13.3. The van der Waals surface area contributed by atoms with Crippen LogP contribution in [0.4, 0.5) is 14.5 Å². The van der Waals surface area contributed by atoms with Crippen LogP contribution < -0.4 is 15.5 Å². The van der Waals surface area contributed by atoms with Crippen molar-refractivity contribution < 1.29 is 23.2 Å². The molecule has 11 heteroatoms. The molecule has 2 heterocycles. The first-order valence-electron chi connectivity index (χ1n) is 16.7. The van der Waals surface area contributed by atoms with Gasteiger partial charge in [0.2, 0.25) is 0 Å². The van der Waals surface area contributed by atoms with Crippen LogP contribution in [0.3, 0.4) is 0 Å². The number of carbonyl (C=O) groups excluding carboxylic acids is 3. The topological polar surface area (TPSA) is 99.6 Å². The van der Waals surface area contributed by atoms with Crippen molar-refractivity contribution in [3.63, 3.8) is 0 Å². The molecule has 1 amide bonds. The normalized spacial score (nSPS) is 14.2. The van der Waals surface area contributed by atoms with E-state index in [1.165, 1.54) is 36.4 Å². The molecule has 2 N–H and O–H groups in total. The third-order valence-electron chi connectivity index (χ3n) is 8.65. The first-order valence-corrected chi connectivity index (χ1v) is 16.7. The highest BCUT2D eigenvalue weighted by Gasteiger charge is 2.19. The Labute approximate surface area is 291 Å². The van der Waals surface area contributed by atoms with Gasteiger partial charge in [0, 0.05) is 62.3 Å². The highest BCUT2D eigenvalue weighted by atomic mass is 19.1. The van der Waals surface area contributed by atoms with Gasteiger partial charge in [0.25, 0.3) is 5.91 Å². The van der Waals surface area contributed by atoms with Crippen molar-refractivity contribution in [1.29, 1.82) is 0 Å². The predicted octanol–water partition coefficient (Wildman–Crippen LogP) is 5.64. The average Bonchev–Trinajstić information content (AvgIpc) is 3.53. The zero-order chi connectivity index (χ0) is 35.6. The molecule has 5 rings (SSSR count). The number of nitrogens with zero attached hydrogens (tertiary/aromatic N) is 4. The first kappa shape index (κ1) is 35.9. The van der Waals surface area contributed by atoms with E-state index in [9.17, 15) is 23.2 Å². The van der Waals surface area contributed by atoms with Crippen LogP contribution in [0.15, 0.2) is 90.5 Å². The van der Waals surface area contributed by atoms with Crippen LogP contribution in [0, 0.1) is 11.6 Å². The van der Waals surface area contributed by atoms with Gasteiger partial charge in [-0.2, -0.15) is 0 Å². The Morgan fingerprint density at radius 1 is 0.880 bits per heavy atom. The van der Waals surface area contributed by atoms with Gasteiger partial charge in [0.1, 0.15) is 17.3 Å². The number of likely N-dealkylation sites (N-methyl/N-ethyl adjacent to an activating group) is 1. The van der Waals surface area contributed by atoms with Crippen molar-refractivity contribution in [3.05, 3.63) is 130 Å². The largest absolute Gasteiger partial charge is 0.384 e. The Morgan fingerprint density at radius 3 is 2.20 bits per heavy atom. The molecule has 1 aliphatic rings. The van der Waals surface area contributed by atoms with Crippen LogP contribution in [-0.2, 0) is 16.1 Å². The number of piperazine rings is 1. The van der Waals surface area contributed by atoms with Crippen LogP contribution in [0.1, 0.15) is 59.1 Å². The van der Waals surface area contributed by atoms with Gasteiger partial charge >= 0.3 is 0 Å². The number of hydrogen-bond acceptors (Lipinski definition) is 7. The summed E-state index contributed by atoms with van der Waals surface area (Å²) >= 11 is 0. The molecule has 0 spiro atoms. The first-order chi connectivity index (χ1) is 24.1. The molecule has 3 aromatic carbocycles. The third-order valence-corrected chi connectivity index (χ3v) is 8.65. The zero-order valence-electron chi connectivity index (χ0n) is 28.5. The summed E-state index contributed by atoms with van der Waals surface area (Å²) in [5, 5.41) is 5.54. The van der Waals surface area contributed by atoms with Crippen molar-refractivity contribution in [3.8, 4) is 0 Å². The molecule has 0 bridgehead atoms. The molecule has 1 aromatic heterocycles. The summed E-state index contributed by atoms with van der Waals surface area (Å²) in [5.74, 6) is -1.35. The number of rotatable bonds is 14. The van der Waals surface area contributed by atoms with Gasteiger partial charge in [0.15, 0.2) is 12.1 Å². The van der Waals surface area contributed by atoms with E-state index in [1.807, 2.05) is 12.1 Å². The Morgan fingerprint density at radius 2 is 1.56 bits per heavy atom. The summed E-state index contributed by atoms with van der Waals surface area (Å²) < 4.78 is 28.7. The molecule has 50 heavy (non-hydrogen) atoms. The Kier molecular flexibility index (Phi) is 12.1. The highest BCUT2D eigenvalue weighted by molar-refractivity contribution is 6.09. The molecule has 9 nitrogen and oxygen atoms in total. The van der Waals surface area contributed by atoms with E-state index in [2.05, 4.69) is 43.8 Å². The summed E-state index contributed by atoms with van der Waals surface area (Å²) in [7, 11) is 1.59. The van der Waals surface area contributed by atoms with Gasteiger partial charge in [-0.3, -0.25) is 19.3 Å². The van der Waals surface area contributed by atoms with Gasteiger partial charge < -0.3 is 20.1 Å². The number of aromatic nitrogens is 2. The van der Waals surface area contributed by atoms with Crippen LogP contribution in [-0.4, -0.2) is 72.2 Å². The molecule has 0 saturated carbocycles. The molecular weight excluding hydrogens is 638 g/mol. The van der Waals surface area contributed by atoms with E-state index in [0.29, 0.717) is 28.7 Å². The molecule has 4 aromatic rings. The number of aldehydes is 1. The second-order valence-corrected chi connectivity index (χ2v) is 12.5. The number of halogens is 2. The lowest BCUT2D eigenvalue weighted by molar-refractivity contribution is -0.118. The minimum absolute atomic E-state index is 0.0579. The summed E-state index contributed by atoms with van der Waals surface area (Å²) in [6.45, 7) is 9.44. The lowest BCUT2D eigenvalue weighted by Gasteiger charge is -2.36. The summed E-state index contributed by atoms with van der Waals surface area (Å²) in [5.41, 5.74) is 4.17. The van der Waals surface area contributed by atoms with Crippen molar-refractivity contribution in [2.75, 3.05) is 44.7 Å². The molecule has 1 aliphatic heterocycles. The maximum Gasteiger partial charge on any atom is 0.271 e. The zero-order valence-corrected chi connectivity index (χ0v) is 28.5. The van der Waals surface area contributed by atoms with E-state index >= 15 is 0 Å². The highest BCUT2D eigenvalue weighted by Crippen LogP contribution is 2.22.